The Bertz CT molecular complexity index is 1200. The van der Waals surface area contributed by atoms with E-state index in [-0.39, 0.29) is 25.1 Å². The molecular weight excluding hydrogens is 439 g/mol. The molecule has 4 heterocycles. The molecule has 5 rings (SSSR count). The number of fused-ring (bicyclic) bond motifs is 5. The minimum absolute atomic E-state index is 0.148. The van der Waals surface area contributed by atoms with Gasteiger partial charge in [0.05, 0.1) is 17.8 Å². The number of amides is 1. The molecule has 1 amide bonds. The molecule has 174 valence electrons. The van der Waals surface area contributed by atoms with Gasteiger partial charge in [-0.15, -0.1) is 0 Å². The van der Waals surface area contributed by atoms with Crippen LogP contribution in [-0.2, 0) is 15.7 Å². The number of halogens is 3. The standard InChI is InChI=1S/C22H22F3N5O3/c1-2-32-18-10-16-12-33-19-3-5-30-20(28-19)17(11-27-30)13-7-14(22(23,24)25)9-15(8-13)26-4-6-29(16)21(18)31/h3,5,7-9,11,16,18,26H,2,4,6,10,12H2,1H3/t16-,18+/m0/s1. The van der Waals surface area contributed by atoms with E-state index < -0.39 is 17.8 Å². The van der Waals surface area contributed by atoms with Crippen LogP contribution in [0.3, 0.4) is 0 Å². The van der Waals surface area contributed by atoms with Crippen LogP contribution in [0.15, 0.2) is 36.7 Å². The Morgan fingerprint density at radius 2 is 2.15 bits per heavy atom. The molecule has 2 aromatic heterocycles. The normalized spacial score (nSPS) is 21.0. The second-order valence-electron chi connectivity index (χ2n) is 7.99. The van der Waals surface area contributed by atoms with Crippen molar-refractivity contribution in [2.24, 2.45) is 0 Å². The topological polar surface area (TPSA) is 81.0 Å². The summed E-state index contributed by atoms with van der Waals surface area (Å²) >= 11 is 0. The third-order valence-corrected chi connectivity index (χ3v) is 5.87. The molecule has 33 heavy (non-hydrogen) atoms. The molecular formula is C22H22F3N5O3. The highest BCUT2D eigenvalue weighted by Crippen LogP contribution is 2.36. The monoisotopic (exact) mass is 461 g/mol. The van der Waals surface area contributed by atoms with Gasteiger partial charge in [0.2, 0.25) is 5.88 Å². The van der Waals surface area contributed by atoms with Crippen LogP contribution in [0.25, 0.3) is 16.8 Å². The molecule has 0 radical (unpaired) electrons. The Morgan fingerprint density at radius 3 is 2.94 bits per heavy atom. The van der Waals surface area contributed by atoms with Crippen molar-refractivity contribution < 1.29 is 27.4 Å². The number of nitrogens with one attached hydrogen (secondary N) is 1. The average Bonchev–Trinajstić information content (AvgIpc) is 3.33. The Labute approximate surface area is 187 Å². The van der Waals surface area contributed by atoms with Gasteiger partial charge in [0, 0.05) is 49.6 Å². The number of anilines is 1. The molecule has 11 heteroatoms. The predicted octanol–water partition coefficient (Wildman–Crippen LogP) is 3.23. The summed E-state index contributed by atoms with van der Waals surface area (Å²) in [6.45, 7) is 3.03. The van der Waals surface area contributed by atoms with Crippen molar-refractivity contribution in [3.63, 3.8) is 0 Å². The zero-order chi connectivity index (χ0) is 23.2. The minimum Gasteiger partial charge on any atom is -0.475 e. The molecule has 0 spiro atoms. The first-order chi connectivity index (χ1) is 15.8. The van der Waals surface area contributed by atoms with E-state index in [1.807, 2.05) is 6.92 Å². The van der Waals surface area contributed by atoms with E-state index in [0.29, 0.717) is 47.9 Å². The molecule has 4 bridgehead atoms. The summed E-state index contributed by atoms with van der Waals surface area (Å²) < 4.78 is 53.8. The number of alkyl halides is 3. The van der Waals surface area contributed by atoms with Gasteiger partial charge in [-0.1, -0.05) is 0 Å². The first kappa shape index (κ1) is 21.5. The van der Waals surface area contributed by atoms with Crippen LogP contribution < -0.4 is 10.1 Å². The Kier molecular flexibility index (Phi) is 5.35. The van der Waals surface area contributed by atoms with E-state index in [1.54, 1.807) is 23.2 Å². The lowest BCUT2D eigenvalue weighted by molar-refractivity contribution is -0.138. The number of nitrogens with zero attached hydrogens (tertiary/aromatic N) is 4. The van der Waals surface area contributed by atoms with Crippen molar-refractivity contribution in [3.05, 3.63) is 42.2 Å². The van der Waals surface area contributed by atoms with E-state index in [9.17, 15) is 18.0 Å². The van der Waals surface area contributed by atoms with Gasteiger partial charge in [-0.25, -0.2) is 4.52 Å². The molecule has 0 unspecified atom stereocenters. The lowest BCUT2D eigenvalue weighted by atomic mass is 10.0. The second-order valence-corrected chi connectivity index (χ2v) is 7.99. The number of rotatable bonds is 2. The van der Waals surface area contributed by atoms with E-state index in [2.05, 4.69) is 15.4 Å². The van der Waals surface area contributed by atoms with Crippen LogP contribution in [0.5, 0.6) is 5.88 Å². The molecule has 0 saturated carbocycles. The number of carbonyl (C=O) groups is 1. The zero-order valence-electron chi connectivity index (χ0n) is 17.8. The van der Waals surface area contributed by atoms with Crippen LogP contribution in [0.4, 0.5) is 18.9 Å². The quantitative estimate of drug-likeness (QED) is 0.631. The molecule has 2 aliphatic rings. The van der Waals surface area contributed by atoms with E-state index >= 15 is 0 Å². The van der Waals surface area contributed by atoms with Gasteiger partial charge in [-0.3, -0.25) is 4.79 Å². The number of benzene rings is 1. The maximum absolute atomic E-state index is 13.6. The number of ether oxygens (including phenoxy) is 2. The number of hydrogen-bond donors (Lipinski definition) is 1. The fourth-order valence-corrected chi connectivity index (χ4v) is 4.32. The Balaban J connectivity index is 1.58. The molecule has 1 fully saturated rings. The second kappa shape index (κ2) is 8.22. The van der Waals surface area contributed by atoms with Crippen LogP contribution in [0.2, 0.25) is 0 Å². The highest BCUT2D eigenvalue weighted by molar-refractivity contribution is 5.84. The molecule has 1 aromatic carbocycles. The fraction of sp³-hybridized carbons (Fsp3) is 0.409. The van der Waals surface area contributed by atoms with Crippen molar-refractivity contribution in [3.8, 4) is 17.0 Å². The predicted molar refractivity (Wildman–Crippen MR) is 113 cm³/mol. The van der Waals surface area contributed by atoms with E-state index in [1.165, 1.54) is 10.7 Å². The maximum Gasteiger partial charge on any atom is 0.416 e. The smallest absolute Gasteiger partial charge is 0.416 e. The van der Waals surface area contributed by atoms with Gasteiger partial charge < -0.3 is 19.7 Å². The van der Waals surface area contributed by atoms with Crippen molar-refractivity contribution in [2.75, 3.05) is 31.6 Å². The maximum atomic E-state index is 13.6. The van der Waals surface area contributed by atoms with Gasteiger partial charge in [-0.2, -0.15) is 23.3 Å². The summed E-state index contributed by atoms with van der Waals surface area (Å²) in [5, 5.41) is 7.26. The number of aromatic nitrogens is 3. The van der Waals surface area contributed by atoms with Crippen LogP contribution in [-0.4, -0.2) is 63.9 Å². The van der Waals surface area contributed by atoms with Crippen LogP contribution >= 0.6 is 0 Å². The van der Waals surface area contributed by atoms with Gasteiger partial charge in [0.25, 0.3) is 5.91 Å². The summed E-state index contributed by atoms with van der Waals surface area (Å²) in [7, 11) is 0. The van der Waals surface area contributed by atoms with Crippen molar-refractivity contribution in [1.82, 2.24) is 19.5 Å². The summed E-state index contributed by atoms with van der Waals surface area (Å²) in [5.41, 5.74) is 0.679. The lowest BCUT2D eigenvalue weighted by Crippen LogP contribution is -2.41. The first-order valence-electron chi connectivity index (χ1n) is 10.7. The third kappa shape index (κ3) is 4.08. The van der Waals surface area contributed by atoms with Gasteiger partial charge in [0.15, 0.2) is 5.65 Å². The Morgan fingerprint density at radius 1 is 1.30 bits per heavy atom. The van der Waals surface area contributed by atoms with E-state index in [0.717, 1.165) is 12.1 Å². The number of hydrogen-bond acceptors (Lipinski definition) is 6. The largest absolute Gasteiger partial charge is 0.475 e. The van der Waals surface area contributed by atoms with Crippen molar-refractivity contribution in [2.45, 2.75) is 31.7 Å². The van der Waals surface area contributed by atoms with Crippen molar-refractivity contribution in [1.29, 1.82) is 0 Å². The molecule has 2 atom stereocenters. The minimum atomic E-state index is -4.52. The number of carbonyl (C=O) groups excluding carboxylic acids is 1. The van der Waals surface area contributed by atoms with Crippen LogP contribution in [0.1, 0.15) is 18.9 Å². The van der Waals surface area contributed by atoms with Gasteiger partial charge in [0.1, 0.15) is 12.7 Å². The molecule has 3 aromatic rings. The average molecular weight is 461 g/mol. The molecule has 8 nitrogen and oxygen atoms in total. The van der Waals surface area contributed by atoms with E-state index in [4.69, 9.17) is 9.47 Å². The molecule has 1 N–H and O–H groups in total. The third-order valence-electron chi connectivity index (χ3n) is 5.87. The zero-order valence-corrected chi connectivity index (χ0v) is 17.8. The van der Waals surface area contributed by atoms with Gasteiger partial charge >= 0.3 is 6.18 Å². The van der Waals surface area contributed by atoms with Gasteiger partial charge in [-0.05, 0) is 30.7 Å². The molecule has 2 aliphatic heterocycles. The Hall–Kier alpha value is -3.34. The summed E-state index contributed by atoms with van der Waals surface area (Å²) in [4.78, 5) is 19.0. The highest BCUT2D eigenvalue weighted by atomic mass is 19.4. The van der Waals surface area contributed by atoms with Crippen LogP contribution in [0, 0.1) is 0 Å². The summed E-state index contributed by atoms with van der Waals surface area (Å²) in [6.07, 6.45) is -1.48. The molecule has 1 saturated heterocycles. The lowest BCUT2D eigenvalue weighted by Gasteiger charge is -2.25. The SMILES string of the molecule is CCO[C@@H]1C[C@H]2COc3ccn4ncc(c4n3)-c3cc(cc(C(F)(F)F)c3)NCCN2C1=O. The molecule has 0 aliphatic carbocycles. The summed E-state index contributed by atoms with van der Waals surface area (Å²) in [5.74, 6) is 0.157. The highest BCUT2D eigenvalue weighted by Gasteiger charge is 2.40. The van der Waals surface area contributed by atoms with Crippen molar-refractivity contribution >= 4 is 17.2 Å². The fourth-order valence-electron chi connectivity index (χ4n) is 4.32. The summed E-state index contributed by atoms with van der Waals surface area (Å²) in [6, 6.07) is 5.17. The first-order valence-corrected chi connectivity index (χ1v) is 10.7.